The number of hydrogen-bond donors (Lipinski definition) is 1. The van der Waals surface area contributed by atoms with Gasteiger partial charge < -0.3 is 14.7 Å². The molecule has 2 aromatic carbocycles. The lowest BCUT2D eigenvalue weighted by Gasteiger charge is -2.11. The number of aryl methyl sites for hydroxylation is 1. The number of oxime groups is 1. The van der Waals surface area contributed by atoms with Gasteiger partial charge in [-0.3, -0.25) is 4.79 Å². The van der Waals surface area contributed by atoms with Crippen LogP contribution >= 0.6 is 23.2 Å². The first kappa shape index (κ1) is 17.8. The summed E-state index contributed by atoms with van der Waals surface area (Å²) < 4.78 is 1.46. The predicted molar refractivity (Wildman–Crippen MR) is 108 cm³/mol. The standard InChI is InChI=1S/C19H16Cl2N4O2/c1-25-10-23-17-3-2-14(7-16(17)19(25)26)22-9-15-8-18(24-27-15)11-4-12(20)6-13(21)5-11/h2-7,10,15,22H,8-9H2,1H3. The molecule has 1 aromatic heterocycles. The SMILES string of the molecule is Cn1cnc2ccc(NCC3CC(c4cc(Cl)cc(Cl)c4)=NO3)cc2c1=O. The number of benzene rings is 2. The first-order valence-corrected chi connectivity index (χ1v) is 9.13. The van der Waals surface area contributed by atoms with Crippen molar-refractivity contribution in [3.05, 3.63) is 68.7 Å². The van der Waals surface area contributed by atoms with Crippen molar-refractivity contribution >= 4 is 45.5 Å². The van der Waals surface area contributed by atoms with Crippen molar-refractivity contribution < 1.29 is 4.84 Å². The highest BCUT2D eigenvalue weighted by Crippen LogP contribution is 2.24. The van der Waals surface area contributed by atoms with Gasteiger partial charge in [0.15, 0.2) is 0 Å². The Hall–Kier alpha value is -2.57. The van der Waals surface area contributed by atoms with Gasteiger partial charge in [0.2, 0.25) is 0 Å². The first-order chi connectivity index (χ1) is 13.0. The molecule has 2 heterocycles. The highest BCUT2D eigenvalue weighted by molar-refractivity contribution is 6.35. The van der Waals surface area contributed by atoms with Crippen molar-refractivity contribution in [2.45, 2.75) is 12.5 Å². The van der Waals surface area contributed by atoms with E-state index in [1.165, 1.54) is 10.9 Å². The van der Waals surface area contributed by atoms with E-state index < -0.39 is 0 Å². The van der Waals surface area contributed by atoms with E-state index in [1.807, 2.05) is 24.3 Å². The lowest BCUT2D eigenvalue weighted by atomic mass is 10.0. The quantitative estimate of drug-likeness (QED) is 0.719. The molecule has 6 nitrogen and oxygen atoms in total. The van der Waals surface area contributed by atoms with E-state index in [1.54, 1.807) is 19.2 Å². The Labute approximate surface area is 165 Å². The molecule has 0 spiro atoms. The molecule has 0 fully saturated rings. The third kappa shape index (κ3) is 3.77. The number of nitrogens with zero attached hydrogens (tertiary/aromatic N) is 3. The van der Waals surface area contributed by atoms with E-state index in [0.29, 0.717) is 33.9 Å². The molecule has 0 radical (unpaired) electrons. The van der Waals surface area contributed by atoms with Gasteiger partial charge in [-0.05, 0) is 36.4 Å². The fraction of sp³-hybridized carbons (Fsp3) is 0.211. The molecule has 0 saturated heterocycles. The molecule has 1 aliphatic rings. The number of aromatic nitrogens is 2. The van der Waals surface area contributed by atoms with Gasteiger partial charge in [0.05, 0.1) is 29.5 Å². The molecular weight excluding hydrogens is 387 g/mol. The Morgan fingerprint density at radius 1 is 1.22 bits per heavy atom. The van der Waals surface area contributed by atoms with E-state index in [2.05, 4.69) is 15.5 Å². The minimum absolute atomic E-state index is 0.0794. The number of anilines is 1. The van der Waals surface area contributed by atoms with Crippen LogP contribution < -0.4 is 10.9 Å². The number of nitrogens with one attached hydrogen (secondary N) is 1. The van der Waals surface area contributed by atoms with Crippen LogP contribution in [0.5, 0.6) is 0 Å². The third-order valence-corrected chi connectivity index (χ3v) is 4.82. The largest absolute Gasteiger partial charge is 0.390 e. The van der Waals surface area contributed by atoms with Gasteiger partial charge in [-0.1, -0.05) is 28.4 Å². The predicted octanol–water partition coefficient (Wildman–Crippen LogP) is 3.85. The Morgan fingerprint density at radius 3 is 2.78 bits per heavy atom. The van der Waals surface area contributed by atoms with Gasteiger partial charge >= 0.3 is 0 Å². The lowest BCUT2D eigenvalue weighted by Crippen LogP contribution is -2.21. The Morgan fingerprint density at radius 2 is 2.00 bits per heavy atom. The van der Waals surface area contributed by atoms with Gasteiger partial charge in [0, 0.05) is 34.8 Å². The maximum Gasteiger partial charge on any atom is 0.260 e. The van der Waals surface area contributed by atoms with Gasteiger partial charge in [0.25, 0.3) is 5.56 Å². The van der Waals surface area contributed by atoms with Crippen molar-refractivity contribution in [3.63, 3.8) is 0 Å². The van der Waals surface area contributed by atoms with Crippen LogP contribution in [0.1, 0.15) is 12.0 Å². The van der Waals surface area contributed by atoms with Crippen molar-refractivity contribution in [2.24, 2.45) is 12.2 Å². The van der Waals surface area contributed by atoms with Crippen molar-refractivity contribution in [1.82, 2.24) is 9.55 Å². The Balaban J connectivity index is 1.44. The second-order valence-electron chi connectivity index (χ2n) is 6.40. The smallest absolute Gasteiger partial charge is 0.260 e. The average Bonchev–Trinajstić information content (AvgIpc) is 3.12. The van der Waals surface area contributed by atoms with Crippen LogP contribution in [0.3, 0.4) is 0 Å². The fourth-order valence-corrected chi connectivity index (χ4v) is 3.51. The molecule has 1 aliphatic heterocycles. The highest BCUT2D eigenvalue weighted by Gasteiger charge is 2.22. The summed E-state index contributed by atoms with van der Waals surface area (Å²) in [6.07, 6.45) is 2.04. The summed E-state index contributed by atoms with van der Waals surface area (Å²) in [5.41, 5.74) is 3.09. The van der Waals surface area contributed by atoms with Crippen molar-refractivity contribution in [2.75, 3.05) is 11.9 Å². The molecule has 1 atom stereocenters. The number of halogens is 2. The summed E-state index contributed by atoms with van der Waals surface area (Å²) in [7, 11) is 1.68. The van der Waals surface area contributed by atoms with Crippen LogP contribution in [0.25, 0.3) is 10.9 Å². The van der Waals surface area contributed by atoms with Crippen LogP contribution in [-0.2, 0) is 11.9 Å². The Bertz CT molecular complexity index is 1090. The van der Waals surface area contributed by atoms with E-state index >= 15 is 0 Å². The maximum atomic E-state index is 12.2. The van der Waals surface area contributed by atoms with Crippen molar-refractivity contribution in [3.8, 4) is 0 Å². The highest BCUT2D eigenvalue weighted by atomic mass is 35.5. The van der Waals surface area contributed by atoms with Crippen LogP contribution in [0.2, 0.25) is 10.0 Å². The second kappa shape index (κ2) is 7.21. The molecule has 138 valence electrons. The minimum atomic E-state index is -0.120. The number of rotatable bonds is 4. The molecule has 0 bridgehead atoms. The number of fused-ring (bicyclic) bond motifs is 1. The van der Waals surface area contributed by atoms with Gasteiger partial charge in [-0.25, -0.2) is 4.98 Å². The van der Waals surface area contributed by atoms with E-state index in [0.717, 1.165) is 17.0 Å². The molecule has 1 N–H and O–H groups in total. The average molecular weight is 403 g/mol. The summed E-state index contributed by atoms with van der Waals surface area (Å²) in [4.78, 5) is 22.0. The summed E-state index contributed by atoms with van der Waals surface area (Å²) in [6.45, 7) is 0.549. The number of hydrogen-bond acceptors (Lipinski definition) is 5. The molecule has 27 heavy (non-hydrogen) atoms. The van der Waals surface area contributed by atoms with Crippen LogP contribution in [0.15, 0.2) is 52.7 Å². The Kier molecular flexibility index (Phi) is 4.76. The molecule has 0 saturated carbocycles. The summed E-state index contributed by atoms with van der Waals surface area (Å²) >= 11 is 12.1. The zero-order valence-electron chi connectivity index (χ0n) is 14.4. The van der Waals surface area contributed by atoms with Crippen molar-refractivity contribution in [1.29, 1.82) is 0 Å². The molecule has 0 amide bonds. The normalized spacial score (nSPS) is 16.3. The molecule has 4 rings (SSSR count). The fourth-order valence-electron chi connectivity index (χ4n) is 2.98. The third-order valence-electron chi connectivity index (χ3n) is 4.38. The van der Waals surface area contributed by atoms with Gasteiger partial charge in [-0.2, -0.15) is 0 Å². The van der Waals surface area contributed by atoms with Crippen LogP contribution in [0, 0.1) is 0 Å². The summed E-state index contributed by atoms with van der Waals surface area (Å²) in [5.74, 6) is 0. The maximum absolute atomic E-state index is 12.2. The summed E-state index contributed by atoms with van der Waals surface area (Å²) in [5, 5.41) is 9.15. The van der Waals surface area contributed by atoms with Gasteiger partial charge in [0.1, 0.15) is 6.10 Å². The van der Waals surface area contributed by atoms with E-state index in [9.17, 15) is 4.79 Å². The van der Waals surface area contributed by atoms with Crippen LogP contribution in [-0.4, -0.2) is 27.9 Å². The molecule has 8 heteroatoms. The molecule has 0 aliphatic carbocycles. The van der Waals surface area contributed by atoms with Crippen LogP contribution in [0.4, 0.5) is 5.69 Å². The second-order valence-corrected chi connectivity index (χ2v) is 7.27. The summed E-state index contributed by atoms with van der Waals surface area (Å²) in [6, 6.07) is 10.8. The zero-order chi connectivity index (χ0) is 19.0. The topological polar surface area (TPSA) is 68.5 Å². The van der Waals surface area contributed by atoms with Gasteiger partial charge in [-0.15, -0.1) is 0 Å². The molecular formula is C19H16Cl2N4O2. The van der Waals surface area contributed by atoms with E-state index in [-0.39, 0.29) is 11.7 Å². The lowest BCUT2D eigenvalue weighted by molar-refractivity contribution is 0.0949. The zero-order valence-corrected chi connectivity index (χ0v) is 16.0. The monoisotopic (exact) mass is 402 g/mol. The first-order valence-electron chi connectivity index (χ1n) is 8.38. The van der Waals surface area contributed by atoms with E-state index in [4.69, 9.17) is 28.0 Å². The molecule has 1 unspecified atom stereocenters. The minimum Gasteiger partial charge on any atom is -0.390 e. The molecule has 3 aromatic rings.